The molecular formula is C19H23N5OS. The number of benzene rings is 2. The molecule has 2 aromatic carbocycles. The molecular weight excluding hydrogens is 346 g/mol. The van der Waals surface area contributed by atoms with Crippen LogP contribution in [0.1, 0.15) is 16.7 Å². The molecule has 0 aliphatic carbocycles. The molecule has 0 bridgehead atoms. The standard InChI is InChI=1S/C19H23N5OS/c1-13-10-16(11-14(2)17(13)22-18-20-8-9-21-18)24(19(25)23-26)12-15-6-4-3-5-7-15/h3-7,10-11,26H,8-9,12H2,1-2H3,(H,23,25)(H2,20,21,22). The van der Waals surface area contributed by atoms with Crippen molar-refractivity contribution in [1.82, 2.24) is 15.4 Å². The highest BCUT2D eigenvalue weighted by molar-refractivity contribution is 7.78. The monoisotopic (exact) mass is 369 g/mol. The molecule has 1 saturated heterocycles. The van der Waals surface area contributed by atoms with Crippen molar-refractivity contribution in [3.63, 3.8) is 0 Å². The number of nitrogens with zero attached hydrogens (tertiary/aromatic N) is 2. The fraction of sp³-hybridized carbons (Fsp3) is 0.263. The van der Waals surface area contributed by atoms with Crippen LogP contribution < -0.4 is 20.3 Å². The van der Waals surface area contributed by atoms with Gasteiger partial charge in [0.25, 0.3) is 0 Å². The smallest absolute Gasteiger partial charge is 0.331 e. The maximum absolute atomic E-state index is 12.4. The van der Waals surface area contributed by atoms with E-state index < -0.39 is 0 Å². The van der Waals surface area contributed by atoms with Crippen molar-refractivity contribution < 1.29 is 4.79 Å². The SMILES string of the molecule is Cc1cc(N(Cc2ccccc2)C(=O)NS)cc(C)c1N=C1NCCN1. The van der Waals surface area contributed by atoms with Gasteiger partial charge in [-0.05, 0) is 42.7 Å². The highest BCUT2D eigenvalue weighted by Crippen LogP contribution is 2.30. The van der Waals surface area contributed by atoms with E-state index in [1.54, 1.807) is 4.90 Å². The molecule has 0 radical (unpaired) electrons. The van der Waals surface area contributed by atoms with Crippen LogP contribution in [-0.4, -0.2) is 25.1 Å². The average molecular weight is 369 g/mol. The van der Waals surface area contributed by atoms with E-state index >= 15 is 0 Å². The number of anilines is 1. The summed E-state index contributed by atoms with van der Waals surface area (Å²) in [6, 6.07) is 13.6. The van der Waals surface area contributed by atoms with Gasteiger partial charge >= 0.3 is 6.03 Å². The Morgan fingerprint density at radius 3 is 2.35 bits per heavy atom. The lowest BCUT2D eigenvalue weighted by Gasteiger charge is -2.23. The molecule has 0 spiro atoms. The van der Waals surface area contributed by atoms with Crippen LogP contribution in [-0.2, 0) is 6.54 Å². The zero-order valence-corrected chi connectivity index (χ0v) is 15.8. The molecule has 2 aromatic rings. The number of guanidine groups is 1. The fourth-order valence-corrected chi connectivity index (χ4v) is 3.11. The molecule has 0 atom stereocenters. The van der Waals surface area contributed by atoms with E-state index in [0.717, 1.165) is 47.1 Å². The molecule has 1 heterocycles. The Morgan fingerprint density at radius 1 is 1.15 bits per heavy atom. The zero-order chi connectivity index (χ0) is 18.5. The van der Waals surface area contributed by atoms with Crippen LogP contribution in [0.5, 0.6) is 0 Å². The van der Waals surface area contributed by atoms with Crippen LogP contribution in [0.3, 0.4) is 0 Å². The Hall–Kier alpha value is -2.67. The van der Waals surface area contributed by atoms with Crippen LogP contribution in [0.15, 0.2) is 47.5 Å². The Bertz CT molecular complexity index is 791. The van der Waals surface area contributed by atoms with Gasteiger partial charge in [0.1, 0.15) is 0 Å². The topological polar surface area (TPSA) is 68.8 Å². The van der Waals surface area contributed by atoms with Crippen LogP contribution >= 0.6 is 12.8 Å². The van der Waals surface area contributed by atoms with Gasteiger partial charge in [-0.3, -0.25) is 9.62 Å². The summed E-state index contributed by atoms with van der Waals surface area (Å²) < 4.78 is 2.43. The Kier molecular flexibility index (Phi) is 5.68. The third kappa shape index (κ3) is 4.11. The van der Waals surface area contributed by atoms with Gasteiger partial charge in [0.2, 0.25) is 0 Å². The first kappa shape index (κ1) is 18.1. The van der Waals surface area contributed by atoms with Crippen LogP contribution in [0.2, 0.25) is 0 Å². The second-order valence-electron chi connectivity index (χ2n) is 6.23. The second kappa shape index (κ2) is 8.14. The predicted molar refractivity (Wildman–Crippen MR) is 109 cm³/mol. The van der Waals surface area contributed by atoms with Crippen molar-refractivity contribution in [2.24, 2.45) is 4.99 Å². The molecule has 1 aliphatic heterocycles. The first-order valence-corrected chi connectivity index (χ1v) is 8.96. The van der Waals surface area contributed by atoms with Gasteiger partial charge in [0, 0.05) is 18.8 Å². The number of amides is 2. The van der Waals surface area contributed by atoms with Gasteiger partial charge in [-0.15, -0.1) is 0 Å². The Balaban J connectivity index is 1.94. The fourth-order valence-electron chi connectivity index (χ4n) is 2.99. The number of nitrogens with one attached hydrogen (secondary N) is 3. The highest BCUT2D eigenvalue weighted by atomic mass is 32.1. The average Bonchev–Trinajstić information content (AvgIpc) is 3.16. The molecule has 2 amide bonds. The molecule has 26 heavy (non-hydrogen) atoms. The number of carbonyl (C=O) groups excluding carboxylic acids is 1. The summed E-state index contributed by atoms with van der Waals surface area (Å²) in [5.74, 6) is 0.790. The third-order valence-electron chi connectivity index (χ3n) is 4.25. The van der Waals surface area contributed by atoms with E-state index in [2.05, 4.69) is 33.2 Å². The molecule has 0 unspecified atom stereocenters. The summed E-state index contributed by atoms with van der Waals surface area (Å²) in [4.78, 5) is 18.7. The first-order chi connectivity index (χ1) is 12.6. The third-order valence-corrected chi connectivity index (χ3v) is 4.44. The van der Waals surface area contributed by atoms with Crippen molar-refractivity contribution >= 4 is 36.2 Å². The molecule has 3 N–H and O–H groups in total. The van der Waals surface area contributed by atoms with Gasteiger partial charge in [-0.25, -0.2) is 9.79 Å². The van der Waals surface area contributed by atoms with Crippen LogP contribution in [0.25, 0.3) is 0 Å². The lowest BCUT2D eigenvalue weighted by Crippen LogP contribution is -2.35. The lowest BCUT2D eigenvalue weighted by molar-refractivity contribution is 0.251. The van der Waals surface area contributed by atoms with Gasteiger partial charge in [-0.2, -0.15) is 0 Å². The van der Waals surface area contributed by atoms with Crippen molar-refractivity contribution in [3.8, 4) is 0 Å². The van der Waals surface area contributed by atoms with Crippen molar-refractivity contribution in [2.45, 2.75) is 20.4 Å². The minimum absolute atomic E-state index is 0.269. The maximum atomic E-state index is 12.4. The number of rotatable bonds is 4. The molecule has 1 fully saturated rings. The second-order valence-corrected chi connectivity index (χ2v) is 6.45. The van der Waals surface area contributed by atoms with Crippen molar-refractivity contribution in [3.05, 3.63) is 59.2 Å². The Morgan fingerprint density at radius 2 is 1.77 bits per heavy atom. The normalized spacial score (nSPS) is 13.0. The largest absolute Gasteiger partial charge is 0.354 e. The van der Waals surface area contributed by atoms with E-state index in [1.807, 2.05) is 56.3 Å². The van der Waals surface area contributed by atoms with Gasteiger partial charge < -0.3 is 10.6 Å². The number of aliphatic imine (C=N–C) groups is 1. The van der Waals surface area contributed by atoms with E-state index in [-0.39, 0.29) is 6.03 Å². The summed E-state index contributed by atoms with van der Waals surface area (Å²) in [5, 5.41) is 6.42. The van der Waals surface area contributed by atoms with Gasteiger partial charge in [0.15, 0.2) is 5.96 Å². The van der Waals surface area contributed by atoms with Gasteiger partial charge in [-0.1, -0.05) is 43.1 Å². The highest BCUT2D eigenvalue weighted by Gasteiger charge is 2.18. The number of aryl methyl sites for hydroxylation is 2. The van der Waals surface area contributed by atoms with Gasteiger partial charge in [0.05, 0.1) is 12.2 Å². The number of hydrogen-bond acceptors (Lipinski definition) is 3. The Labute approximate surface area is 159 Å². The van der Waals surface area contributed by atoms with Crippen LogP contribution in [0.4, 0.5) is 16.2 Å². The first-order valence-electron chi connectivity index (χ1n) is 8.51. The van der Waals surface area contributed by atoms with Crippen molar-refractivity contribution in [2.75, 3.05) is 18.0 Å². The number of thiol groups is 1. The lowest BCUT2D eigenvalue weighted by atomic mass is 10.1. The summed E-state index contributed by atoms with van der Waals surface area (Å²) >= 11 is 3.94. The van der Waals surface area contributed by atoms with E-state index in [4.69, 9.17) is 0 Å². The minimum Gasteiger partial charge on any atom is -0.354 e. The van der Waals surface area contributed by atoms with Crippen LogP contribution in [0, 0.1) is 13.8 Å². The number of urea groups is 1. The summed E-state index contributed by atoms with van der Waals surface area (Å²) in [6.07, 6.45) is 0. The van der Waals surface area contributed by atoms with E-state index in [9.17, 15) is 4.79 Å². The quantitative estimate of drug-likeness (QED) is 0.626. The molecule has 0 saturated carbocycles. The zero-order valence-electron chi connectivity index (χ0n) is 14.9. The molecule has 3 rings (SSSR count). The summed E-state index contributed by atoms with van der Waals surface area (Å²) in [7, 11) is 0. The molecule has 0 aromatic heterocycles. The molecule has 1 aliphatic rings. The summed E-state index contributed by atoms with van der Waals surface area (Å²) in [6.45, 7) is 6.22. The minimum atomic E-state index is -0.269. The predicted octanol–water partition coefficient (Wildman–Crippen LogP) is 3.04. The maximum Gasteiger partial charge on any atom is 0.331 e. The summed E-state index contributed by atoms with van der Waals surface area (Å²) in [5.41, 5.74) is 4.78. The van der Waals surface area contributed by atoms with Crippen molar-refractivity contribution in [1.29, 1.82) is 0 Å². The number of carbonyl (C=O) groups is 1. The molecule has 136 valence electrons. The van der Waals surface area contributed by atoms with E-state index in [1.165, 1.54) is 0 Å². The number of hydrogen-bond donors (Lipinski definition) is 4. The van der Waals surface area contributed by atoms with E-state index in [0.29, 0.717) is 6.54 Å². The molecule has 7 heteroatoms. The molecule has 6 nitrogen and oxygen atoms in total.